The van der Waals surface area contributed by atoms with Crippen molar-refractivity contribution < 1.29 is 13.5 Å². The van der Waals surface area contributed by atoms with E-state index in [1.807, 2.05) is 18.2 Å². The van der Waals surface area contributed by atoms with Gasteiger partial charge in [-0.1, -0.05) is 29.8 Å². The number of nitrogens with zero attached hydrogens (tertiary/aromatic N) is 1. The van der Waals surface area contributed by atoms with Crippen LogP contribution in [-0.2, 0) is 16.4 Å². The molecule has 0 fully saturated rings. The van der Waals surface area contributed by atoms with E-state index in [9.17, 15) is 8.42 Å². The molecule has 0 spiro atoms. The third-order valence-corrected chi connectivity index (χ3v) is 5.99. The van der Waals surface area contributed by atoms with Crippen LogP contribution in [-0.4, -0.2) is 33.7 Å². The fraction of sp³-hybridized carbons (Fsp3) is 0.250. The number of sulfonamides is 1. The van der Waals surface area contributed by atoms with Crippen LogP contribution in [0.2, 0.25) is 5.02 Å². The lowest BCUT2D eigenvalue weighted by Gasteiger charge is -2.20. The van der Waals surface area contributed by atoms with Crippen LogP contribution in [0.4, 0.5) is 11.4 Å². The first-order chi connectivity index (χ1) is 10.9. The predicted octanol–water partition coefficient (Wildman–Crippen LogP) is 2.47. The summed E-state index contributed by atoms with van der Waals surface area (Å²) in [6.07, 6.45) is 0.472. The predicted molar refractivity (Wildman–Crippen MR) is 91.9 cm³/mol. The van der Waals surface area contributed by atoms with E-state index < -0.39 is 10.0 Å². The largest absolute Gasteiger partial charge is 0.395 e. The molecule has 0 unspecified atom stereocenters. The van der Waals surface area contributed by atoms with E-state index in [-0.39, 0.29) is 11.5 Å². The molecule has 0 saturated carbocycles. The number of halogens is 1. The van der Waals surface area contributed by atoms with E-state index in [4.69, 9.17) is 16.7 Å². The van der Waals surface area contributed by atoms with Crippen LogP contribution < -0.4 is 9.62 Å². The molecule has 0 amide bonds. The van der Waals surface area contributed by atoms with Crippen molar-refractivity contribution in [2.75, 3.05) is 29.8 Å². The Morgan fingerprint density at radius 2 is 2.04 bits per heavy atom. The molecule has 1 heterocycles. The fourth-order valence-corrected chi connectivity index (χ4v) is 4.59. The fourth-order valence-electron chi connectivity index (χ4n) is 2.81. The second kappa shape index (κ2) is 6.03. The van der Waals surface area contributed by atoms with Gasteiger partial charge in [0.25, 0.3) is 10.0 Å². The smallest absolute Gasteiger partial charge is 0.264 e. The summed E-state index contributed by atoms with van der Waals surface area (Å²) in [5.74, 6) is 0. The number of benzene rings is 2. The van der Waals surface area contributed by atoms with Gasteiger partial charge < -0.3 is 10.4 Å². The summed E-state index contributed by atoms with van der Waals surface area (Å²) in [7, 11) is -2.15. The van der Waals surface area contributed by atoms with E-state index in [2.05, 4.69) is 5.32 Å². The van der Waals surface area contributed by atoms with Gasteiger partial charge in [0.05, 0.1) is 17.2 Å². The van der Waals surface area contributed by atoms with Gasteiger partial charge in [-0.2, -0.15) is 0 Å². The van der Waals surface area contributed by atoms with Crippen molar-refractivity contribution in [3.63, 3.8) is 0 Å². The van der Waals surface area contributed by atoms with E-state index >= 15 is 0 Å². The first kappa shape index (κ1) is 16.1. The van der Waals surface area contributed by atoms with Crippen molar-refractivity contribution in [2.24, 2.45) is 0 Å². The number of hydrogen-bond acceptors (Lipinski definition) is 4. The van der Waals surface area contributed by atoms with Gasteiger partial charge in [0.15, 0.2) is 0 Å². The van der Waals surface area contributed by atoms with Gasteiger partial charge >= 0.3 is 0 Å². The summed E-state index contributed by atoms with van der Waals surface area (Å²) in [6.45, 7) is 0.273. The van der Waals surface area contributed by atoms with Crippen molar-refractivity contribution in [2.45, 2.75) is 11.3 Å². The normalized spacial score (nSPS) is 15.5. The summed E-state index contributed by atoms with van der Waals surface area (Å²) in [5, 5.41) is 12.4. The molecule has 2 aromatic carbocycles. The Hall–Kier alpha value is -1.76. The lowest BCUT2D eigenvalue weighted by atomic mass is 10.0. The maximum absolute atomic E-state index is 13.0. The van der Waals surface area contributed by atoms with Crippen molar-refractivity contribution in [1.29, 1.82) is 0 Å². The Morgan fingerprint density at radius 3 is 2.78 bits per heavy atom. The molecule has 1 aliphatic heterocycles. The van der Waals surface area contributed by atoms with Gasteiger partial charge in [0.1, 0.15) is 0 Å². The first-order valence-corrected chi connectivity index (χ1v) is 9.01. The molecular formula is C16H17ClN2O3S. The van der Waals surface area contributed by atoms with E-state index in [0.717, 1.165) is 5.56 Å². The van der Waals surface area contributed by atoms with Crippen LogP contribution in [0.3, 0.4) is 0 Å². The van der Waals surface area contributed by atoms with Gasteiger partial charge in [-0.3, -0.25) is 4.31 Å². The van der Waals surface area contributed by atoms with E-state index in [0.29, 0.717) is 34.9 Å². The molecule has 0 atom stereocenters. The van der Waals surface area contributed by atoms with Crippen molar-refractivity contribution >= 4 is 33.0 Å². The lowest BCUT2D eigenvalue weighted by Crippen LogP contribution is -2.26. The summed E-state index contributed by atoms with van der Waals surface area (Å²) in [4.78, 5) is 0.198. The van der Waals surface area contributed by atoms with Gasteiger partial charge in [-0.05, 0) is 23.8 Å². The van der Waals surface area contributed by atoms with Gasteiger partial charge in [0, 0.05) is 36.3 Å². The highest BCUT2D eigenvalue weighted by molar-refractivity contribution is 7.92. The van der Waals surface area contributed by atoms with Gasteiger partial charge in [-0.15, -0.1) is 0 Å². The standard InChI is InChI=1S/C16H17ClN2O3S/c1-19-15-5-3-2-4-11(15)8-13-14(18-6-7-20)9-12(17)10-16(13)23(19,21)22/h2-5,9-10,18,20H,6-8H2,1H3. The molecular weight excluding hydrogens is 336 g/mol. The molecule has 0 radical (unpaired) electrons. The van der Waals surface area contributed by atoms with E-state index in [1.54, 1.807) is 19.2 Å². The van der Waals surface area contributed by atoms with Crippen LogP contribution in [0.15, 0.2) is 41.3 Å². The minimum Gasteiger partial charge on any atom is -0.395 e. The molecule has 2 N–H and O–H groups in total. The number of nitrogens with one attached hydrogen (secondary N) is 1. The zero-order chi connectivity index (χ0) is 16.6. The highest BCUT2D eigenvalue weighted by Crippen LogP contribution is 2.38. The number of aliphatic hydroxyl groups excluding tert-OH is 1. The number of para-hydroxylation sites is 1. The van der Waals surface area contributed by atoms with Crippen molar-refractivity contribution in [3.05, 3.63) is 52.5 Å². The number of anilines is 2. The number of rotatable bonds is 3. The molecule has 0 aromatic heterocycles. The third kappa shape index (κ3) is 2.78. The average molecular weight is 353 g/mol. The second-order valence-electron chi connectivity index (χ2n) is 5.36. The Bertz CT molecular complexity index is 852. The topological polar surface area (TPSA) is 69.6 Å². The van der Waals surface area contributed by atoms with Crippen molar-refractivity contribution in [1.82, 2.24) is 0 Å². The quantitative estimate of drug-likeness (QED) is 0.890. The molecule has 1 aliphatic rings. The monoisotopic (exact) mass is 352 g/mol. The third-order valence-electron chi connectivity index (χ3n) is 3.94. The second-order valence-corrected chi connectivity index (χ2v) is 7.73. The molecule has 5 nitrogen and oxygen atoms in total. The summed E-state index contributed by atoms with van der Waals surface area (Å²) in [6, 6.07) is 10.6. The number of hydrogen-bond donors (Lipinski definition) is 2. The Balaban J connectivity index is 2.27. The van der Waals surface area contributed by atoms with Crippen LogP contribution in [0, 0.1) is 0 Å². The summed E-state index contributed by atoms with van der Waals surface area (Å²) in [5.41, 5.74) is 2.88. The highest BCUT2D eigenvalue weighted by Gasteiger charge is 2.31. The highest BCUT2D eigenvalue weighted by atomic mass is 35.5. The Labute approximate surface area is 140 Å². The molecule has 7 heteroatoms. The van der Waals surface area contributed by atoms with Crippen LogP contribution in [0.1, 0.15) is 11.1 Å². The summed E-state index contributed by atoms with van der Waals surface area (Å²) < 4.78 is 27.2. The van der Waals surface area contributed by atoms with Crippen LogP contribution in [0.25, 0.3) is 0 Å². The Morgan fingerprint density at radius 1 is 1.30 bits per heavy atom. The Kier molecular flexibility index (Phi) is 4.23. The minimum atomic E-state index is -3.69. The van der Waals surface area contributed by atoms with Crippen LogP contribution >= 0.6 is 11.6 Å². The SMILES string of the molecule is CN1c2ccccc2Cc2c(NCCO)cc(Cl)cc2S1(=O)=O. The number of aliphatic hydroxyl groups is 1. The van der Waals surface area contributed by atoms with Gasteiger partial charge in [-0.25, -0.2) is 8.42 Å². The minimum absolute atomic E-state index is 0.0511. The zero-order valence-electron chi connectivity index (χ0n) is 12.6. The maximum Gasteiger partial charge on any atom is 0.264 e. The average Bonchev–Trinajstić information content (AvgIpc) is 2.61. The molecule has 3 rings (SSSR count). The lowest BCUT2D eigenvalue weighted by molar-refractivity contribution is 0.311. The van der Waals surface area contributed by atoms with Crippen molar-refractivity contribution in [3.8, 4) is 0 Å². The molecule has 0 aliphatic carbocycles. The zero-order valence-corrected chi connectivity index (χ0v) is 14.2. The van der Waals surface area contributed by atoms with Crippen LogP contribution in [0.5, 0.6) is 0 Å². The summed E-state index contributed by atoms with van der Waals surface area (Å²) >= 11 is 6.11. The molecule has 23 heavy (non-hydrogen) atoms. The number of fused-ring (bicyclic) bond motifs is 2. The maximum atomic E-state index is 13.0. The molecule has 0 bridgehead atoms. The molecule has 122 valence electrons. The first-order valence-electron chi connectivity index (χ1n) is 7.19. The molecule has 0 saturated heterocycles. The van der Waals surface area contributed by atoms with E-state index in [1.165, 1.54) is 10.4 Å². The van der Waals surface area contributed by atoms with Gasteiger partial charge in [0.2, 0.25) is 0 Å². The molecule has 2 aromatic rings.